The van der Waals surface area contributed by atoms with Crippen LogP contribution in [-0.4, -0.2) is 19.4 Å². The lowest BCUT2D eigenvalue weighted by molar-refractivity contribution is 0.392. The second-order valence-corrected chi connectivity index (χ2v) is 4.75. The van der Waals surface area contributed by atoms with Crippen LogP contribution in [0.5, 0.6) is 11.5 Å². The van der Waals surface area contributed by atoms with Gasteiger partial charge in [0.25, 0.3) is 0 Å². The Morgan fingerprint density at radius 2 is 1.90 bits per heavy atom. The van der Waals surface area contributed by atoms with Crippen molar-refractivity contribution in [2.24, 2.45) is 0 Å². The molecule has 1 aromatic carbocycles. The van der Waals surface area contributed by atoms with Crippen molar-refractivity contribution in [3.63, 3.8) is 0 Å². The highest BCUT2D eigenvalue weighted by Gasteiger charge is 2.12. The molecule has 0 amide bonds. The van der Waals surface area contributed by atoms with Gasteiger partial charge in [0.2, 0.25) is 0 Å². The molecule has 0 saturated heterocycles. The van der Waals surface area contributed by atoms with Crippen molar-refractivity contribution in [1.29, 1.82) is 0 Å². The third-order valence-corrected chi connectivity index (χ3v) is 3.41. The van der Waals surface area contributed by atoms with Gasteiger partial charge in [-0.15, -0.1) is 0 Å². The molecular formula is C14H17ClN2O3. The van der Waals surface area contributed by atoms with Crippen molar-refractivity contribution >= 4 is 17.3 Å². The number of halogens is 1. The standard InChI is InChI=1S/C14H17ClN2O3/c1-8-10(9(2)20-17-8)7-16-12-5-11(15)13(18-3)6-14(12)19-4/h5-6,16H,7H2,1-4H3. The highest BCUT2D eigenvalue weighted by atomic mass is 35.5. The molecule has 2 rings (SSSR count). The largest absolute Gasteiger partial charge is 0.495 e. The van der Waals surface area contributed by atoms with Crippen LogP contribution in [0.25, 0.3) is 0 Å². The zero-order valence-electron chi connectivity index (χ0n) is 11.9. The molecule has 1 heterocycles. The lowest BCUT2D eigenvalue weighted by Gasteiger charge is -2.13. The SMILES string of the molecule is COc1cc(OC)c(NCc2c(C)noc2C)cc1Cl. The highest BCUT2D eigenvalue weighted by molar-refractivity contribution is 6.32. The van der Waals surface area contributed by atoms with E-state index in [1.807, 2.05) is 13.8 Å². The number of hydrogen-bond donors (Lipinski definition) is 1. The van der Waals surface area contributed by atoms with E-state index < -0.39 is 0 Å². The zero-order valence-corrected chi connectivity index (χ0v) is 12.7. The number of methoxy groups -OCH3 is 2. The Morgan fingerprint density at radius 1 is 1.20 bits per heavy atom. The smallest absolute Gasteiger partial charge is 0.145 e. The van der Waals surface area contributed by atoms with Crippen LogP contribution in [-0.2, 0) is 6.54 Å². The van der Waals surface area contributed by atoms with Crippen molar-refractivity contribution in [1.82, 2.24) is 5.16 Å². The third-order valence-electron chi connectivity index (χ3n) is 3.11. The molecule has 1 N–H and O–H groups in total. The van der Waals surface area contributed by atoms with Crippen molar-refractivity contribution < 1.29 is 14.0 Å². The summed E-state index contributed by atoms with van der Waals surface area (Å²) in [7, 11) is 3.17. The average molecular weight is 297 g/mol. The molecule has 0 unspecified atom stereocenters. The minimum absolute atomic E-state index is 0.523. The summed E-state index contributed by atoms with van der Waals surface area (Å²) in [5.74, 6) is 2.04. The molecule has 0 radical (unpaired) electrons. The fraction of sp³-hybridized carbons (Fsp3) is 0.357. The molecule has 108 valence electrons. The molecule has 6 heteroatoms. The first-order chi connectivity index (χ1) is 9.56. The normalized spacial score (nSPS) is 10.4. The van der Waals surface area contributed by atoms with E-state index in [1.54, 1.807) is 26.4 Å². The number of ether oxygens (including phenoxy) is 2. The number of anilines is 1. The molecule has 0 saturated carbocycles. The first-order valence-corrected chi connectivity index (χ1v) is 6.51. The van der Waals surface area contributed by atoms with E-state index >= 15 is 0 Å². The lowest BCUT2D eigenvalue weighted by atomic mass is 10.2. The minimum atomic E-state index is 0.523. The van der Waals surface area contributed by atoms with Gasteiger partial charge in [-0.3, -0.25) is 0 Å². The van der Waals surface area contributed by atoms with Crippen LogP contribution in [0.3, 0.4) is 0 Å². The van der Waals surface area contributed by atoms with E-state index in [1.165, 1.54) is 0 Å². The van der Waals surface area contributed by atoms with Gasteiger partial charge in [0.15, 0.2) is 0 Å². The number of aryl methyl sites for hydroxylation is 2. The van der Waals surface area contributed by atoms with Crippen LogP contribution in [0, 0.1) is 13.8 Å². The van der Waals surface area contributed by atoms with Gasteiger partial charge in [0.1, 0.15) is 17.3 Å². The average Bonchev–Trinajstić information content (AvgIpc) is 2.76. The molecule has 0 aliphatic heterocycles. The highest BCUT2D eigenvalue weighted by Crippen LogP contribution is 2.36. The van der Waals surface area contributed by atoms with Crippen LogP contribution < -0.4 is 14.8 Å². The van der Waals surface area contributed by atoms with Crippen LogP contribution in [0.15, 0.2) is 16.7 Å². The van der Waals surface area contributed by atoms with Crippen LogP contribution in [0.1, 0.15) is 17.0 Å². The monoisotopic (exact) mass is 296 g/mol. The number of benzene rings is 1. The maximum Gasteiger partial charge on any atom is 0.145 e. The molecular weight excluding hydrogens is 280 g/mol. The maximum absolute atomic E-state index is 6.13. The molecule has 0 spiro atoms. The zero-order chi connectivity index (χ0) is 14.7. The van der Waals surface area contributed by atoms with Gasteiger partial charge in [-0.1, -0.05) is 16.8 Å². The van der Waals surface area contributed by atoms with E-state index in [9.17, 15) is 0 Å². The third kappa shape index (κ3) is 2.82. The van der Waals surface area contributed by atoms with Crippen molar-refractivity contribution in [3.8, 4) is 11.5 Å². The summed E-state index contributed by atoms with van der Waals surface area (Å²) in [5.41, 5.74) is 2.69. The van der Waals surface area contributed by atoms with Gasteiger partial charge in [0, 0.05) is 18.2 Å². The summed E-state index contributed by atoms with van der Waals surface area (Å²) in [6.07, 6.45) is 0. The van der Waals surface area contributed by atoms with Crippen LogP contribution in [0.4, 0.5) is 5.69 Å². The van der Waals surface area contributed by atoms with Gasteiger partial charge in [-0.2, -0.15) is 0 Å². The summed E-state index contributed by atoms with van der Waals surface area (Å²) < 4.78 is 15.6. The second-order valence-electron chi connectivity index (χ2n) is 4.34. The predicted octanol–water partition coefficient (Wildman–Crippen LogP) is 3.57. The molecule has 2 aromatic rings. The van der Waals surface area contributed by atoms with E-state index in [0.29, 0.717) is 23.1 Å². The number of rotatable bonds is 5. The first-order valence-electron chi connectivity index (χ1n) is 6.14. The Bertz CT molecular complexity index is 591. The number of aromatic nitrogens is 1. The Kier molecular flexibility index (Phi) is 4.39. The Labute approximate surface area is 122 Å². The molecule has 0 aliphatic carbocycles. The molecule has 0 bridgehead atoms. The fourth-order valence-corrected chi connectivity index (χ4v) is 2.18. The fourth-order valence-electron chi connectivity index (χ4n) is 1.94. The Morgan fingerprint density at radius 3 is 2.45 bits per heavy atom. The molecule has 5 nitrogen and oxygen atoms in total. The van der Waals surface area contributed by atoms with Gasteiger partial charge < -0.3 is 19.3 Å². The summed E-state index contributed by atoms with van der Waals surface area (Å²) in [6.45, 7) is 4.38. The van der Waals surface area contributed by atoms with E-state index in [0.717, 1.165) is 22.7 Å². The Hall–Kier alpha value is -1.88. The molecule has 0 atom stereocenters. The summed E-state index contributed by atoms with van der Waals surface area (Å²) in [6, 6.07) is 3.52. The first kappa shape index (κ1) is 14.5. The predicted molar refractivity (Wildman–Crippen MR) is 77.9 cm³/mol. The number of hydrogen-bond acceptors (Lipinski definition) is 5. The van der Waals surface area contributed by atoms with Gasteiger partial charge in [-0.25, -0.2) is 0 Å². The summed E-state index contributed by atoms with van der Waals surface area (Å²) in [5, 5.41) is 7.72. The van der Waals surface area contributed by atoms with Crippen LogP contribution in [0.2, 0.25) is 5.02 Å². The minimum Gasteiger partial charge on any atom is -0.495 e. The summed E-state index contributed by atoms with van der Waals surface area (Å²) >= 11 is 6.13. The quantitative estimate of drug-likeness (QED) is 0.914. The van der Waals surface area contributed by atoms with Gasteiger partial charge >= 0.3 is 0 Å². The molecule has 0 aliphatic rings. The van der Waals surface area contributed by atoms with E-state index in [2.05, 4.69) is 10.5 Å². The van der Waals surface area contributed by atoms with E-state index in [-0.39, 0.29) is 0 Å². The molecule has 0 fully saturated rings. The van der Waals surface area contributed by atoms with Crippen LogP contribution >= 0.6 is 11.6 Å². The molecule has 20 heavy (non-hydrogen) atoms. The lowest BCUT2D eigenvalue weighted by Crippen LogP contribution is -2.03. The van der Waals surface area contributed by atoms with Gasteiger partial charge in [0.05, 0.1) is 30.6 Å². The van der Waals surface area contributed by atoms with E-state index in [4.69, 9.17) is 25.6 Å². The van der Waals surface area contributed by atoms with Crippen molar-refractivity contribution in [3.05, 3.63) is 34.2 Å². The van der Waals surface area contributed by atoms with Gasteiger partial charge in [-0.05, 0) is 19.9 Å². The number of nitrogens with zero attached hydrogens (tertiary/aromatic N) is 1. The van der Waals surface area contributed by atoms with Crippen molar-refractivity contribution in [2.45, 2.75) is 20.4 Å². The second kappa shape index (κ2) is 6.05. The topological polar surface area (TPSA) is 56.5 Å². The number of nitrogens with one attached hydrogen (secondary N) is 1. The summed E-state index contributed by atoms with van der Waals surface area (Å²) in [4.78, 5) is 0. The Balaban J connectivity index is 2.23. The van der Waals surface area contributed by atoms with Crippen molar-refractivity contribution in [2.75, 3.05) is 19.5 Å². The molecule has 1 aromatic heterocycles. The maximum atomic E-state index is 6.13.